The molecule has 148 valence electrons. The Morgan fingerprint density at radius 2 is 1.81 bits per heavy atom. The Bertz CT molecular complexity index is 799. The van der Waals surface area contributed by atoms with Crippen LogP contribution in [-0.2, 0) is 14.8 Å². The minimum absolute atomic E-state index is 0.0180. The summed E-state index contributed by atoms with van der Waals surface area (Å²) in [6, 6.07) is 9.62. The van der Waals surface area contributed by atoms with Crippen molar-refractivity contribution in [2.75, 3.05) is 25.4 Å². The number of carbonyl (C=O) groups excluding carboxylic acids is 1. The Morgan fingerprint density at radius 1 is 1.19 bits per heavy atom. The number of sulfonamides is 1. The molecular formula is C20H28N2O4S. The molecule has 0 unspecified atom stereocenters. The quantitative estimate of drug-likeness (QED) is 0.825. The number of benzene rings is 1. The second kappa shape index (κ2) is 6.87. The number of nitrogens with zero attached hydrogens (tertiary/aromatic N) is 2. The zero-order valence-corrected chi connectivity index (χ0v) is 16.6. The zero-order valence-electron chi connectivity index (χ0n) is 15.8. The highest BCUT2D eigenvalue weighted by molar-refractivity contribution is 7.89. The fraction of sp³-hybridized carbons (Fsp3) is 0.650. The zero-order chi connectivity index (χ0) is 19.2. The van der Waals surface area contributed by atoms with Crippen LogP contribution in [0.3, 0.4) is 0 Å². The van der Waals surface area contributed by atoms with Crippen molar-refractivity contribution in [3.8, 4) is 0 Å². The lowest BCUT2D eigenvalue weighted by Crippen LogP contribution is -2.86. The molecule has 2 heterocycles. The van der Waals surface area contributed by atoms with Crippen molar-refractivity contribution in [2.24, 2.45) is 5.92 Å². The van der Waals surface area contributed by atoms with E-state index < -0.39 is 15.6 Å². The fourth-order valence-electron chi connectivity index (χ4n) is 5.33. The first kappa shape index (κ1) is 18.9. The van der Waals surface area contributed by atoms with Gasteiger partial charge in [-0.15, -0.1) is 0 Å². The van der Waals surface area contributed by atoms with Crippen LogP contribution in [-0.4, -0.2) is 65.7 Å². The number of carbonyl (C=O) groups is 1. The van der Waals surface area contributed by atoms with Gasteiger partial charge >= 0.3 is 0 Å². The molecule has 27 heavy (non-hydrogen) atoms. The summed E-state index contributed by atoms with van der Waals surface area (Å²) in [6.07, 6.45) is 3.94. The first-order valence-corrected chi connectivity index (χ1v) is 11.5. The lowest BCUT2D eigenvalue weighted by molar-refractivity contribution is -0.192. The van der Waals surface area contributed by atoms with E-state index in [-0.39, 0.29) is 36.1 Å². The summed E-state index contributed by atoms with van der Waals surface area (Å²) >= 11 is 0. The maximum absolute atomic E-state index is 13.3. The molecule has 6 nitrogen and oxygen atoms in total. The third-order valence-corrected chi connectivity index (χ3v) is 8.50. The van der Waals surface area contributed by atoms with Gasteiger partial charge in [-0.05, 0) is 25.3 Å². The smallest absolute Gasteiger partial charge is 0.226 e. The molecule has 2 aliphatic heterocycles. The fourth-order valence-corrected chi connectivity index (χ4v) is 6.54. The van der Waals surface area contributed by atoms with Gasteiger partial charge in [0, 0.05) is 24.9 Å². The molecule has 3 aliphatic rings. The first-order chi connectivity index (χ1) is 12.9. The molecule has 3 fully saturated rings. The summed E-state index contributed by atoms with van der Waals surface area (Å²) in [7, 11) is -3.27. The normalized spacial score (nSPS) is 28.1. The van der Waals surface area contributed by atoms with Crippen LogP contribution < -0.4 is 0 Å². The van der Waals surface area contributed by atoms with Gasteiger partial charge in [0.1, 0.15) is 0 Å². The van der Waals surface area contributed by atoms with Crippen LogP contribution in [0.5, 0.6) is 0 Å². The Kier molecular flexibility index (Phi) is 4.81. The lowest BCUT2D eigenvalue weighted by Gasteiger charge is -2.70. The van der Waals surface area contributed by atoms with Crippen LogP contribution in [0.4, 0.5) is 0 Å². The number of rotatable bonds is 5. The van der Waals surface area contributed by atoms with Gasteiger partial charge in [-0.2, -0.15) is 4.31 Å². The summed E-state index contributed by atoms with van der Waals surface area (Å²) in [4.78, 5) is 15.1. The second-order valence-electron chi connectivity index (χ2n) is 8.10. The van der Waals surface area contributed by atoms with Crippen LogP contribution in [0.2, 0.25) is 0 Å². The van der Waals surface area contributed by atoms with E-state index in [4.69, 9.17) is 0 Å². The summed E-state index contributed by atoms with van der Waals surface area (Å²) in [6.45, 7) is 2.21. The number of amides is 1. The van der Waals surface area contributed by atoms with E-state index in [1.165, 1.54) is 4.31 Å². The van der Waals surface area contributed by atoms with E-state index in [0.717, 1.165) is 31.2 Å². The van der Waals surface area contributed by atoms with Crippen molar-refractivity contribution in [2.45, 2.75) is 50.1 Å². The van der Waals surface area contributed by atoms with Gasteiger partial charge in [0.05, 0.1) is 23.9 Å². The van der Waals surface area contributed by atoms with Gasteiger partial charge in [0.2, 0.25) is 15.9 Å². The van der Waals surface area contributed by atoms with Crippen LogP contribution in [0.1, 0.15) is 44.1 Å². The van der Waals surface area contributed by atoms with E-state index in [1.54, 1.807) is 6.92 Å². The lowest BCUT2D eigenvalue weighted by atomic mass is 9.61. The van der Waals surface area contributed by atoms with Gasteiger partial charge < -0.3 is 10.0 Å². The first-order valence-electron chi connectivity index (χ1n) is 9.91. The predicted molar refractivity (Wildman–Crippen MR) is 103 cm³/mol. The second-order valence-corrected chi connectivity index (χ2v) is 10.4. The number of likely N-dealkylation sites (tertiary alicyclic amines) is 1. The minimum atomic E-state index is -3.27. The highest BCUT2D eigenvalue weighted by Gasteiger charge is 2.69. The van der Waals surface area contributed by atoms with Crippen LogP contribution >= 0.6 is 0 Å². The molecule has 2 atom stereocenters. The molecule has 0 aromatic heterocycles. The molecule has 0 bridgehead atoms. The molecule has 1 aliphatic carbocycles. The number of aliphatic hydroxyl groups excluding tert-OH is 1. The molecule has 1 spiro atoms. The number of hydrogen-bond donors (Lipinski definition) is 1. The van der Waals surface area contributed by atoms with E-state index in [1.807, 2.05) is 35.2 Å². The van der Waals surface area contributed by atoms with Gasteiger partial charge in [-0.1, -0.05) is 43.2 Å². The van der Waals surface area contributed by atoms with Crippen LogP contribution in [0.25, 0.3) is 0 Å². The van der Waals surface area contributed by atoms with Crippen molar-refractivity contribution in [1.29, 1.82) is 0 Å². The molecule has 1 aromatic rings. The van der Waals surface area contributed by atoms with Crippen molar-refractivity contribution in [1.82, 2.24) is 9.21 Å². The summed E-state index contributed by atoms with van der Waals surface area (Å²) < 4.78 is 26.1. The molecule has 0 radical (unpaired) electrons. The molecule has 1 aromatic carbocycles. The largest absolute Gasteiger partial charge is 0.394 e. The molecule has 7 heteroatoms. The molecule has 1 saturated carbocycles. The van der Waals surface area contributed by atoms with Crippen LogP contribution in [0, 0.1) is 5.92 Å². The van der Waals surface area contributed by atoms with Crippen molar-refractivity contribution in [3.63, 3.8) is 0 Å². The Balaban J connectivity index is 1.67. The SMILES string of the molecule is CCS(=O)(=O)N1CC2(C1)[C@H](c1ccccc1)[C@H](CO)N2C(=O)C1CCCC1. The summed E-state index contributed by atoms with van der Waals surface area (Å²) in [5, 5.41) is 10.1. The van der Waals surface area contributed by atoms with Gasteiger partial charge in [0.25, 0.3) is 0 Å². The van der Waals surface area contributed by atoms with Gasteiger partial charge in [-0.25, -0.2) is 8.42 Å². The van der Waals surface area contributed by atoms with E-state index in [2.05, 4.69) is 0 Å². The maximum Gasteiger partial charge on any atom is 0.226 e. The Morgan fingerprint density at radius 3 is 2.37 bits per heavy atom. The highest BCUT2D eigenvalue weighted by Crippen LogP contribution is 2.55. The monoisotopic (exact) mass is 392 g/mol. The van der Waals surface area contributed by atoms with E-state index >= 15 is 0 Å². The average molecular weight is 393 g/mol. The van der Waals surface area contributed by atoms with Crippen molar-refractivity contribution < 1.29 is 18.3 Å². The van der Waals surface area contributed by atoms with E-state index in [9.17, 15) is 18.3 Å². The molecular weight excluding hydrogens is 364 g/mol. The third kappa shape index (κ3) is 2.82. The Hall–Kier alpha value is -1.44. The van der Waals surface area contributed by atoms with E-state index in [0.29, 0.717) is 13.1 Å². The standard InChI is InChI=1S/C20H28N2O4S/c1-2-27(25,26)21-13-20(14-21)18(15-8-4-3-5-9-15)17(12-23)22(20)19(24)16-10-6-7-11-16/h3-5,8-9,16-18,23H,2,6-7,10-14H2,1H3/t17-,18+/m0/s1. The topological polar surface area (TPSA) is 77.9 Å². The predicted octanol–water partition coefficient (Wildman–Crippen LogP) is 1.57. The minimum Gasteiger partial charge on any atom is -0.394 e. The highest BCUT2D eigenvalue weighted by atomic mass is 32.2. The molecule has 4 rings (SSSR count). The maximum atomic E-state index is 13.3. The van der Waals surface area contributed by atoms with Gasteiger partial charge in [-0.3, -0.25) is 4.79 Å². The Labute approximate surface area is 161 Å². The average Bonchev–Trinajstić information content (AvgIpc) is 3.15. The van der Waals surface area contributed by atoms with Crippen molar-refractivity contribution >= 4 is 15.9 Å². The summed E-state index contributed by atoms with van der Waals surface area (Å²) in [5.41, 5.74) is 0.553. The van der Waals surface area contributed by atoms with Gasteiger partial charge in [0.15, 0.2) is 0 Å². The van der Waals surface area contributed by atoms with Crippen LogP contribution in [0.15, 0.2) is 30.3 Å². The molecule has 1 amide bonds. The number of aliphatic hydroxyl groups is 1. The summed E-state index contributed by atoms with van der Waals surface area (Å²) in [5.74, 6) is 0.160. The third-order valence-electron chi connectivity index (χ3n) is 6.72. The molecule has 2 saturated heterocycles. The van der Waals surface area contributed by atoms with Crippen molar-refractivity contribution in [3.05, 3.63) is 35.9 Å². The molecule has 1 N–H and O–H groups in total. The number of hydrogen-bond acceptors (Lipinski definition) is 4.